The van der Waals surface area contributed by atoms with Crippen LogP contribution in [0.2, 0.25) is 0 Å². The van der Waals surface area contributed by atoms with Crippen LogP contribution in [0, 0.1) is 6.92 Å². The summed E-state index contributed by atoms with van der Waals surface area (Å²) in [5, 5.41) is 0.550. The number of hydrogen-bond acceptors (Lipinski definition) is 2. The third-order valence-corrected chi connectivity index (χ3v) is 1.37. The number of ether oxygens (including phenoxy) is 1. The average molecular weight is 166 g/mol. The van der Waals surface area contributed by atoms with Gasteiger partial charge in [0.15, 0.2) is 5.05 Å². The molecule has 0 aromatic heterocycles. The second kappa shape index (κ2) is 3.49. The van der Waals surface area contributed by atoms with Crippen LogP contribution >= 0.6 is 12.2 Å². The van der Waals surface area contributed by atoms with Gasteiger partial charge in [-0.05, 0) is 31.3 Å². The monoisotopic (exact) mass is 166 g/mol. The molecule has 11 heavy (non-hydrogen) atoms. The molecule has 1 nitrogen and oxygen atoms in total. The van der Waals surface area contributed by atoms with E-state index < -0.39 is 0 Å². The van der Waals surface area contributed by atoms with Gasteiger partial charge in [-0.3, -0.25) is 0 Å². The first-order valence-corrected chi connectivity index (χ1v) is 3.84. The lowest BCUT2D eigenvalue weighted by Crippen LogP contribution is -1.97. The van der Waals surface area contributed by atoms with Crippen molar-refractivity contribution in [2.45, 2.75) is 13.8 Å². The minimum atomic E-state index is 0.550. The lowest BCUT2D eigenvalue weighted by Gasteiger charge is -2.01. The summed E-state index contributed by atoms with van der Waals surface area (Å²) in [5.41, 5.74) is 1.22. The molecular formula is C9H10OS. The van der Waals surface area contributed by atoms with Crippen molar-refractivity contribution in [2.75, 3.05) is 0 Å². The van der Waals surface area contributed by atoms with Crippen LogP contribution in [0.25, 0.3) is 0 Å². The third-order valence-electron chi connectivity index (χ3n) is 1.28. The molecule has 0 bridgehead atoms. The van der Waals surface area contributed by atoms with Gasteiger partial charge in [0.1, 0.15) is 5.75 Å². The van der Waals surface area contributed by atoms with Crippen LogP contribution < -0.4 is 4.74 Å². The van der Waals surface area contributed by atoms with Gasteiger partial charge in [-0.25, -0.2) is 0 Å². The summed E-state index contributed by atoms with van der Waals surface area (Å²) in [7, 11) is 0. The highest BCUT2D eigenvalue weighted by Gasteiger charge is 1.92. The highest BCUT2D eigenvalue weighted by molar-refractivity contribution is 7.80. The van der Waals surface area contributed by atoms with Crippen molar-refractivity contribution in [3.8, 4) is 5.75 Å². The first-order valence-electron chi connectivity index (χ1n) is 3.43. The predicted molar refractivity (Wildman–Crippen MR) is 50.1 cm³/mol. The summed E-state index contributed by atoms with van der Waals surface area (Å²) in [5.74, 6) is 0.808. The van der Waals surface area contributed by atoms with E-state index in [-0.39, 0.29) is 0 Å². The molecule has 0 unspecified atom stereocenters. The van der Waals surface area contributed by atoms with Gasteiger partial charge in [0.2, 0.25) is 0 Å². The topological polar surface area (TPSA) is 9.23 Å². The van der Waals surface area contributed by atoms with Crippen LogP contribution in [-0.4, -0.2) is 5.05 Å². The Bertz CT molecular complexity index is 251. The van der Waals surface area contributed by atoms with Crippen LogP contribution in [0.15, 0.2) is 24.3 Å². The van der Waals surface area contributed by atoms with Gasteiger partial charge in [-0.2, -0.15) is 0 Å². The van der Waals surface area contributed by atoms with Gasteiger partial charge >= 0.3 is 0 Å². The summed E-state index contributed by atoms with van der Waals surface area (Å²) < 4.78 is 5.20. The lowest BCUT2D eigenvalue weighted by molar-refractivity contribution is 0.561. The number of thiocarbonyl (C=S) groups is 1. The normalized spacial score (nSPS) is 9.27. The Morgan fingerprint density at radius 1 is 1.27 bits per heavy atom. The van der Waals surface area contributed by atoms with E-state index in [2.05, 4.69) is 0 Å². The standard InChI is InChI=1S/C9H10OS/c1-7-3-5-9(6-4-7)10-8(2)11/h3-6H,1-2H3. The van der Waals surface area contributed by atoms with Gasteiger partial charge < -0.3 is 4.74 Å². The smallest absolute Gasteiger partial charge is 0.164 e. The Balaban J connectivity index is 2.74. The van der Waals surface area contributed by atoms with E-state index in [1.807, 2.05) is 31.2 Å². The fourth-order valence-electron chi connectivity index (χ4n) is 0.772. The molecule has 0 amide bonds. The Morgan fingerprint density at radius 2 is 1.82 bits per heavy atom. The second-order valence-electron chi connectivity index (χ2n) is 2.41. The zero-order chi connectivity index (χ0) is 8.27. The van der Waals surface area contributed by atoms with Crippen LogP contribution in [0.3, 0.4) is 0 Å². The van der Waals surface area contributed by atoms with Gasteiger partial charge in [0.05, 0.1) is 0 Å². The maximum Gasteiger partial charge on any atom is 0.164 e. The van der Waals surface area contributed by atoms with Crippen LogP contribution in [0.5, 0.6) is 5.75 Å². The van der Waals surface area contributed by atoms with Gasteiger partial charge in [0, 0.05) is 6.92 Å². The van der Waals surface area contributed by atoms with E-state index in [0.29, 0.717) is 5.05 Å². The molecule has 2 heteroatoms. The molecule has 0 saturated carbocycles. The highest BCUT2D eigenvalue weighted by Crippen LogP contribution is 2.11. The van der Waals surface area contributed by atoms with Gasteiger partial charge in [-0.15, -0.1) is 0 Å². The molecule has 0 fully saturated rings. The predicted octanol–water partition coefficient (Wildman–Crippen LogP) is 2.72. The molecule has 0 saturated heterocycles. The maximum atomic E-state index is 5.20. The van der Waals surface area contributed by atoms with E-state index in [9.17, 15) is 0 Å². The molecule has 0 radical (unpaired) electrons. The molecule has 0 aliphatic carbocycles. The molecule has 0 spiro atoms. The molecule has 0 N–H and O–H groups in total. The molecule has 1 aromatic carbocycles. The molecule has 0 aliphatic heterocycles. The van der Waals surface area contributed by atoms with Crippen LogP contribution in [0.1, 0.15) is 12.5 Å². The highest BCUT2D eigenvalue weighted by atomic mass is 32.1. The van der Waals surface area contributed by atoms with Crippen molar-refractivity contribution >= 4 is 17.3 Å². The second-order valence-corrected chi connectivity index (χ2v) is 2.98. The molecule has 0 heterocycles. The van der Waals surface area contributed by atoms with E-state index in [4.69, 9.17) is 17.0 Å². The van der Waals surface area contributed by atoms with E-state index in [1.165, 1.54) is 5.56 Å². The lowest BCUT2D eigenvalue weighted by atomic mass is 10.2. The molecule has 0 aliphatic rings. The quantitative estimate of drug-likeness (QED) is 0.593. The zero-order valence-corrected chi connectivity index (χ0v) is 7.44. The summed E-state index contributed by atoms with van der Waals surface area (Å²) >= 11 is 4.79. The van der Waals surface area contributed by atoms with Crippen LogP contribution in [0.4, 0.5) is 0 Å². The Kier molecular flexibility index (Phi) is 2.60. The first-order chi connectivity index (χ1) is 5.18. The summed E-state index contributed by atoms with van der Waals surface area (Å²) in [6.07, 6.45) is 0. The molecule has 58 valence electrons. The SMILES string of the molecule is CC(=S)Oc1ccc(C)cc1. The molecule has 1 aromatic rings. The van der Waals surface area contributed by atoms with Gasteiger partial charge in [0.25, 0.3) is 0 Å². The minimum Gasteiger partial charge on any atom is -0.451 e. The summed E-state index contributed by atoms with van der Waals surface area (Å²) in [6.45, 7) is 3.79. The number of hydrogen-bond donors (Lipinski definition) is 0. The fourth-order valence-corrected chi connectivity index (χ4v) is 0.868. The number of rotatable bonds is 1. The molecule has 1 rings (SSSR count). The minimum absolute atomic E-state index is 0.550. The van der Waals surface area contributed by atoms with Crippen molar-refractivity contribution in [2.24, 2.45) is 0 Å². The largest absolute Gasteiger partial charge is 0.451 e. The van der Waals surface area contributed by atoms with E-state index >= 15 is 0 Å². The summed E-state index contributed by atoms with van der Waals surface area (Å²) in [6, 6.07) is 7.80. The van der Waals surface area contributed by atoms with Crippen molar-refractivity contribution in [1.82, 2.24) is 0 Å². The van der Waals surface area contributed by atoms with E-state index in [0.717, 1.165) is 5.75 Å². The zero-order valence-electron chi connectivity index (χ0n) is 6.63. The van der Waals surface area contributed by atoms with Crippen molar-refractivity contribution in [3.05, 3.63) is 29.8 Å². The Hall–Kier alpha value is -0.890. The third kappa shape index (κ3) is 2.68. The van der Waals surface area contributed by atoms with Crippen molar-refractivity contribution in [1.29, 1.82) is 0 Å². The Labute approximate surface area is 72.0 Å². The fraction of sp³-hybridized carbons (Fsp3) is 0.222. The van der Waals surface area contributed by atoms with Crippen LogP contribution in [-0.2, 0) is 0 Å². The maximum absolute atomic E-state index is 5.20. The Morgan fingerprint density at radius 3 is 2.27 bits per heavy atom. The summed E-state index contributed by atoms with van der Waals surface area (Å²) in [4.78, 5) is 0. The molecular weight excluding hydrogens is 156 g/mol. The number of benzene rings is 1. The molecule has 0 atom stereocenters. The number of aryl methyl sites for hydroxylation is 1. The average Bonchev–Trinajstić information content (AvgIpc) is 1.93. The van der Waals surface area contributed by atoms with E-state index in [1.54, 1.807) is 6.92 Å². The van der Waals surface area contributed by atoms with Gasteiger partial charge in [-0.1, -0.05) is 17.7 Å². The van der Waals surface area contributed by atoms with Crippen molar-refractivity contribution < 1.29 is 4.74 Å². The first kappa shape index (κ1) is 8.21. The van der Waals surface area contributed by atoms with Crippen molar-refractivity contribution in [3.63, 3.8) is 0 Å².